The third-order valence-corrected chi connectivity index (χ3v) is 5.48. The minimum absolute atomic E-state index is 0. The topological polar surface area (TPSA) is 46.7 Å². The molecule has 2 aromatic rings. The van der Waals surface area contributed by atoms with Gasteiger partial charge >= 0.3 is 0 Å². The molecule has 0 aliphatic carbocycles. The van der Waals surface area contributed by atoms with Gasteiger partial charge in [0.25, 0.3) is 0 Å². The fourth-order valence-electron chi connectivity index (χ4n) is 2.97. The number of carbonyl (C=O) groups is 1. The van der Waals surface area contributed by atoms with Crippen molar-refractivity contribution in [2.75, 3.05) is 11.0 Å². The maximum absolute atomic E-state index is 12.4. The van der Waals surface area contributed by atoms with Crippen molar-refractivity contribution >= 4 is 28.5 Å². The largest absolute Gasteiger partial charge is 1.00 e. The van der Waals surface area contributed by atoms with Crippen LogP contribution in [0.3, 0.4) is 0 Å². The monoisotopic (exact) mass is 529 g/mol. The van der Waals surface area contributed by atoms with E-state index in [9.17, 15) is 4.79 Å². The lowest BCUT2D eigenvalue weighted by molar-refractivity contribution is -0.671. The molecule has 2 aromatic heterocycles. The van der Waals surface area contributed by atoms with E-state index in [2.05, 4.69) is 90.5 Å². The number of alkyl halides is 1. The molecule has 0 radical (unpaired) electrons. The van der Waals surface area contributed by atoms with E-state index in [1.807, 2.05) is 14.1 Å². The summed E-state index contributed by atoms with van der Waals surface area (Å²) in [6, 6.07) is 0.307. The molecule has 0 bridgehead atoms. The Hall–Kier alpha value is -0.800. The SMILES string of the molecule is CCCNC(=O)C(CI)CC(CCn1cc[n+](C)c1)n1cc[n+](C)c1.[Cl-].[Cl-]. The van der Waals surface area contributed by atoms with Gasteiger partial charge in [0.05, 0.1) is 26.6 Å². The number of aromatic nitrogens is 4. The molecule has 2 unspecified atom stereocenters. The summed E-state index contributed by atoms with van der Waals surface area (Å²) in [6.45, 7) is 3.78. The lowest BCUT2D eigenvalue weighted by atomic mass is 9.98. The maximum Gasteiger partial charge on any atom is 0.243 e. The van der Waals surface area contributed by atoms with Gasteiger partial charge in [-0.25, -0.2) is 18.3 Å². The van der Waals surface area contributed by atoms with E-state index >= 15 is 0 Å². The maximum atomic E-state index is 12.4. The standard InChI is InChI=1S/C18H29IN5O.2ClH/c1-4-6-20-18(25)16(13-19)12-17(24-11-9-22(3)15-24)5-7-23-10-8-21(2)14-23;;/h8-11,14-17H,4-7,12-13H2,1-3H3;2*1H/q+1;;/p-1. The second-order valence-electron chi connectivity index (χ2n) is 6.66. The zero-order valence-electron chi connectivity index (χ0n) is 16.2. The lowest BCUT2D eigenvalue weighted by Gasteiger charge is -2.19. The van der Waals surface area contributed by atoms with E-state index in [4.69, 9.17) is 0 Å². The van der Waals surface area contributed by atoms with Crippen LogP contribution in [0, 0.1) is 5.92 Å². The minimum atomic E-state index is 0. The molecule has 27 heavy (non-hydrogen) atoms. The van der Waals surface area contributed by atoms with Crippen LogP contribution in [0.15, 0.2) is 37.4 Å². The number of nitrogens with zero attached hydrogens (tertiary/aromatic N) is 4. The van der Waals surface area contributed by atoms with Crippen LogP contribution in [0.4, 0.5) is 0 Å². The van der Waals surface area contributed by atoms with Gasteiger partial charge in [0.15, 0.2) is 0 Å². The van der Waals surface area contributed by atoms with E-state index in [1.54, 1.807) is 0 Å². The van der Waals surface area contributed by atoms with Crippen molar-refractivity contribution in [3.63, 3.8) is 0 Å². The number of rotatable bonds is 10. The summed E-state index contributed by atoms with van der Waals surface area (Å²) >= 11 is 2.33. The number of carbonyl (C=O) groups excluding carboxylic acids is 1. The number of imidazole rings is 2. The molecule has 0 saturated heterocycles. The van der Waals surface area contributed by atoms with Crippen LogP contribution in [0.5, 0.6) is 0 Å². The zero-order valence-corrected chi connectivity index (χ0v) is 19.9. The molecule has 1 N–H and O–H groups in total. The smallest absolute Gasteiger partial charge is 0.243 e. The van der Waals surface area contributed by atoms with Crippen molar-refractivity contribution in [3.8, 4) is 0 Å². The van der Waals surface area contributed by atoms with Gasteiger partial charge in [-0.3, -0.25) is 4.79 Å². The summed E-state index contributed by atoms with van der Waals surface area (Å²) in [5.74, 6) is 0.232. The average molecular weight is 530 g/mol. The molecule has 0 aromatic carbocycles. The third-order valence-electron chi connectivity index (χ3n) is 4.42. The van der Waals surface area contributed by atoms with E-state index in [0.717, 1.165) is 36.8 Å². The third kappa shape index (κ3) is 8.39. The molecule has 9 heteroatoms. The summed E-state index contributed by atoms with van der Waals surface area (Å²) in [5, 5.41) is 3.06. The highest BCUT2D eigenvalue weighted by Crippen LogP contribution is 2.23. The van der Waals surface area contributed by atoms with Gasteiger partial charge in [-0.15, -0.1) is 0 Å². The van der Waals surface area contributed by atoms with E-state index in [1.165, 1.54) is 0 Å². The van der Waals surface area contributed by atoms with Crippen molar-refractivity contribution in [1.82, 2.24) is 14.5 Å². The number of amides is 1. The Morgan fingerprint density at radius 3 is 2.33 bits per heavy atom. The van der Waals surface area contributed by atoms with Crippen LogP contribution in [0.2, 0.25) is 0 Å². The highest BCUT2D eigenvalue weighted by Gasteiger charge is 2.26. The van der Waals surface area contributed by atoms with Gasteiger partial charge in [-0.1, -0.05) is 29.5 Å². The summed E-state index contributed by atoms with van der Waals surface area (Å²) in [6.07, 6.45) is 15.3. The number of nitrogens with one attached hydrogen (secondary N) is 1. The Morgan fingerprint density at radius 2 is 1.81 bits per heavy atom. The Kier molecular flexibility index (Phi) is 13.0. The quantitative estimate of drug-likeness (QED) is 0.188. The van der Waals surface area contributed by atoms with Gasteiger partial charge < -0.3 is 30.1 Å². The van der Waals surface area contributed by atoms with Gasteiger partial charge in [-0.2, -0.15) is 0 Å². The van der Waals surface area contributed by atoms with Crippen molar-refractivity contribution in [3.05, 3.63) is 37.4 Å². The van der Waals surface area contributed by atoms with E-state index in [0.29, 0.717) is 6.04 Å². The summed E-state index contributed by atoms with van der Waals surface area (Å²) in [7, 11) is 4.06. The molecule has 6 nitrogen and oxygen atoms in total. The molecule has 2 atom stereocenters. The first-order valence-electron chi connectivity index (χ1n) is 8.90. The lowest BCUT2D eigenvalue weighted by Crippen LogP contribution is -3.00. The molecular formula is C18H30Cl2IN5O. The van der Waals surface area contributed by atoms with Crippen LogP contribution in [-0.2, 0) is 25.4 Å². The van der Waals surface area contributed by atoms with Gasteiger partial charge in [0.1, 0.15) is 30.8 Å². The Bertz CT molecular complexity index is 676. The summed E-state index contributed by atoms with van der Waals surface area (Å²) in [5.41, 5.74) is 0. The number of hydrogen-bond donors (Lipinski definition) is 1. The predicted octanol–water partition coefficient (Wildman–Crippen LogP) is -4.45. The Morgan fingerprint density at radius 1 is 1.15 bits per heavy atom. The molecule has 0 spiro atoms. The second-order valence-corrected chi connectivity index (χ2v) is 7.54. The molecule has 2 rings (SSSR count). The van der Waals surface area contributed by atoms with Crippen LogP contribution < -0.4 is 39.3 Å². The minimum Gasteiger partial charge on any atom is -1.00 e. The van der Waals surface area contributed by atoms with Crippen LogP contribution in [0.25, 0.3) is 0 Å². The molecule has 2 heterocycles. The average Bonchev–Trinajstić information content (AvgIpc) is 3.21. The first-order chi connectivity index (χ1) is 12.0. The molecule has 1 amide bonds. The predicted molar refractivity (Wildman–Crippen MR) is 105 cm³/mol. The number of aryl methyl sites for hydroxylation is 3. The first-order valence-corrected chi connectivity index (χ1v) is 10.4. The van der Waals surface area contributed by atoms with E-state index in [-0.39, 0.29) is 36.6 Å². The molecule has 0 fully saturated rings. The highest BCUT2D eigenvalue weighted by atomic mass is 127. The fraction of sp³-hybridized carbons (Fsp3) is 0.611. The summed E-state index contributed by atoms with van der Waals surface area (Å²) in [4.78, 5) is 12.4. The normalized spacial score (nSPS) is 12.6. The van der Waals surface area contributed by atoms with Crippen molar-refractivity contribution in [2.24, 2.45) is 20.0 Å². The molecule has 154 valence electrons. The van der Waals surface area contributed by atoms with Crippen LogP contribution in [-0.4, -0.2) is 26.0 Å². The molecule has 0 saturated carbocycles. The second kappa shape index (κ2) is 13.4. The summed E-state index contributed by atoms with van der Waals surface area (Å²) < 4.78 is 9.40. The first kappa shape index (κ1) is 26.2. The highest BCUT2D eigenvalue weighted by molar-refractivity contribution is 14.1. The number of hydrogen-bond acceptors (Lipinski definition) is 1. The molecule has 0 aliphatic heterocycles. The van der Waals surface area contributed by atoms with Gasteiger partial charge in [-0.05, 0) is 6.42 Å². The number of halogens is 3. The van der Waals surface area contributed by atoms with E-state index < -0.39 is 0 Å². The fourth-order valence-corrected chi connectivity index (χ4v) is 3.73. The zero-order chi connectivity index (χ0) is 18.2. The van der Waals surface area contributed by atoms with Crippen LogP contribution in [0.1, 0.15) is 32.2 Å². The molecule has 0 aliphatic rings. The Balaban J connectivity index is 0.00000338. The van der Waals surface area contributed by atoms with Crippen LogP contribution >= 0.6 is 22.6 Å². The van der Waals surface area contributed by atoms with Crippen molar-refractivity contribution < 1.29 is 38.7 Å². The van der Waals surface area contributed by atoms with Gasteiger partial charge in [0, 0.05) is 23.8 Å². The van der Waals surface area contributed by atoms with Crippen molar-refractivity contribution in [1.29, 1.82) is 0 Å². The Labute approximate surface area is 188 Å². The molecular weight excluding hydrogens is 500 g/mol. The van der Waals surface area contributed by atoms with Gasteiger partial charge in [0.2, 0.25) is 18.6 Å². The van der Waals surface area contributed by atoms with Crippen molar-refractivity contribution in [2.45, 2.75) is 38.8 Å².